The highest BCUT2D eigenvalue weighted by molar-refractivity contribution is 7.90. The first-order valence-electron chi connectivity index (χ1n) is 13.7. The number of benzene rings is 4. The van der Waals surface area contributed by atoms with Crippen molar-refractivity contribution < 1.29 is 13.2 Å². The van der Waals surface area contributed by atoms with E-state index in [0.29, 0.717) is 10.7 Å². The highest BCUT2D eigenvalue weighted by Gasteiger charge is 2.20. The Balaban J connectivity index is 1.18. The van der Waals surface area contributed by atoms with Gasteiger partial charge < -0.3 is 10.6 Å². The normalized spacial score (nSPS) is 14.2. The summed E-state index contributed by atoms with van der Waals surface area (Å²) in [7, 11) is -3.55. The fraction of sp³-hybridized carbons (Fsp3) is 0.242. The maximum absolute atomic E-state index is 13.2. The van der Waals surface area contributed by atoms with Crippen LogP contribution in [0.15, 0.2) is 95.9 Å². The van der Waals surface area contributed by atoms with Crippen molar-refractivity contribution in [3.05, 3.63) is 129 Å². The molecule has 0 aromatic heterocycles. The molecule has 0 aliphatic carbocycles. The fourth-order valence-electron chi connectivity index (χ4n) is 5.23. The average Bonchev–Trinajstić information content (AvgIpc) is 2.95. The number of aryl methyl sites for hydroxylation is 1. The van der Waals surface area contributed by atoms with Gasteiger partial charge >= 0.3 is 6.03 Å². The van der Waals surface area contributed by atoms with Crippen molar-refractivity contribution in [2.45, 2.75) is 50.0 Å². The van der Waals surface area contributed by atoms with E-state index < -0.39 is 15.9 Å². The van der Waals surface area contributed by atoms with E-state index in [9.17, 15) is 13.2 Å². The molecule has 0 fully saturated rings. The van der Waals surface area contributed by atoms with Gasteiger partial charge in [-0.2, -0.15) is 0 Å². The van der Waals surface area contributed by atoms with Crippen molar-refractivity contribution >= 4 is 33.2 Å². The van der Waals surface area contributed by atoms with Gasteiger partial charge in [-0.05, 0) is 77.9 Å². The third-order valence-electron chi connectivity index (χ3n) is 7.47. The minimum absolute atomic E-state index is 0.0734. The molecule has 212 valence electrons. The zero-order valence-electron chi connectivity index (χ0n) is 23.2. The summed E-state index contributed by atoms with van der Waals surface area (Å²) in [5.41, 5.74) is 6.81. The Bertz CT molecular complexity index is 1640. The summed E-state index contributed by atoms with van der Waals surface area (Å²) in [6.45, 7) is 6.48. The van der Waals surface area contributed by atoms with Crippen molar-refractivity contribution in [1.82, 2.24) is 10.2 Å². The molecule has 1 heterocycles. The van der Waals surface area contributed by atoms with Crippen LogP contribution in [0, 0.1) is 6.92 Å². The summed E-state index contributed by atoms with van der Waals surface area (Å²) in [5.74, 6) is -0.0734. The van der Waals surface area contributed by atoms with Gasteiger partial charge in [0.15, 0.2) is 9.84 Å². The van der Waals surface area contributed by atoms with E-state index >= 15 is 0 Å². The van der Waals surface area contributed by atoms with Crippen LogP contribution in [0.1, 0.15) is 46.3 Å². The molecule has 8 heteroatoms. The van der Waals surface area contributed by atoms with Crippen molar-refractivity contribution in [3.8, 4) is 0 Å². The summed E-state index contributed by atoms with van der Waals surface area (Å²) in [4.78, 5) is 15.2. The standard InChI is InChI=1S/C33H34ClN3O3S/c1-23-7-6-10-31(32(23)34)24(2)35-33(38)36-29-13-15-30(16-14-29)41(39,40)22-26-11-12-28-21-37(18-17-27(28)19-26)20-25-8-4-3-5-9-25/h3-16,19,24H,17-18,20-22H2,1-2H3,(H2,35,36,38)/t24-/m0/s1. The minimum atomic E-state index is -3.55. The van der Waals surface area contributed by atoms with Gasteiger partial charge in [0, 0.05) is 30.3 Å². The molecule has 1 atom stereocenters. The van der Waals surface area contributed by atoms with Crippen molar-refractivity contribution in [2.75, 3.05) is 11.9 Å². The Morgan fingerprint density at radius 1 is 0.927 bits per heavy atom. The van der Waals surface area contributed by atoms with E-state index in [1.807, 2.05) is 50.2 Å². The molecule has 41 heavy (non-hydrogen) atoms. The first kappa shape index (κ1) is 28.9. The molecule has 0 radical (unpaired) electrons. The van der Waals surface area contributed by atoms with Gasteiger partial charge in [-0.1, -0.05) is 78.3 Å². The number of sulfone groups is 1. The third-order valence-corrected chi connectivity index (χ3v) is 9.69. The summed E-state index contributed by atoms with van der Waals surface area (Å²) < 4.78 is 26.4. The molecule has 4 aromatic carbocycles. The molecule has 4 aromatic rings. The number of urea groups is 1. The van der Waals surface area contributed by atoms with Crippen LogP contribution in [0.4, 0.5) is 10.5 Å². The number of carbonyl (C=O) groups is 1. The van der Waals surface area contributed by atoms with Gasteiger partial charge in [-0.3, -0.25) is 4.90 Å². The Hall–Kier alpha value is -3.65. The number of rotatable bonds is 8. The Morgan fingerprint density at radius 3 is 2.44 bits per heavy atom. The summed E-state index contributed by atoms with van der Waals surface area (Å²) >= 11 is 6.39. The number of hydrogen-bond donors (Lipinski definition) is 2. The molecule has 0 saturated heterocycles. The number of amides is 2. The number of fused-ring (bicyclic) bond motifs is 1. The van der Waals surface area contributed by atoms with Crippen LogP contribution in [0.3, 0.4) is 0 Å². The lowest BCUT2D eigenvalue weighted by molar-refractivity contribution is 0.245. The van der Waals surface area contributed by atoms with Gasteiger partial charge in [0.25, 0.3) is 0 Å². The second-order valence-corrected chi connectivity index (χ2v) is 13.0. The topological polar surface area (TPSA) is 78.5 Å². The zero-order valence-corrected chi connectivity index (χ0v) is 24.8. The monoisotopic (exact) mass is 587 g/mol. The second kappa shape index (κ2) is 12.5. The number of nitrogens with one attached hydrogen (secondary N) is 2. The molecule has 0 saturated carbocycles. The lowest BCUT2D eigenvalue weighted by atomic mass is 9.97. The van der Waals surface area contributed by atoms with E-state index in [0.717, 1.165) is 42.7 Å². The molecule has 0 unspecified atom stereocenters. The molecule has 1 aliphatic heterocycles. The maximum Gasteiger partial charge on any atom is 0.319 e. The Morgan fingerprint density at radius 2 is 1.68 bits per heavy atom. The van der Waals surface area contributed by atoms with Gasteiger partial charge in [0.05, 0.1) is 16.7 Å². The Kier molecular flexibility index (Phi) is 8.78. The number of hydrogen-bond acceptors (Lipinski definition) is 4. The first-order chi connectivity index (χ1) is 19.7. The SMILES string of the molecule is Cc1cccc([C@H](C)NC(=O)Nc2ccc(S(=O)(=O)Cc3ccc4c(c3)CCN(Cc3ccccc3)C4)cc2)c1Cl. The largest absolute Gasteiger partial charge is 0.331 e. The number of halogens is 1. The average molecular weight is 588 g/mol. The highest BCUT2D eigenvalue weighted by atomic mass is 35.5. The van der Waals surface area contributed by atoms with E-state index in [4.69, 9.17) is 11.6 Å². The zero-order chi connectivity index (χ0) is 29.0. The van der Waals surface area contributed by atoms with E-state index in [-0.39, 0.29) is 16.7 Å². The summed E-state index contributed by atoms with van der Waals surface area (Å²) in [6.07, 6.45) is 0.896. The summed E-state index contributed by atoms with van der Waals surface area (Å²) in [6, 6.07) is 27.7. The molecule has 2 N–H and O–H groups in total. The molecular weight excluding hydrogens is 554 g/mol. The predicted molar refractivity (Wildman–Crippen MR) is 165 cm³/mol. The molecule has 2 amide bonds. The van der Waals surface area contributed by atoms with Crippen LogP contribution >= 0.6 is 11.6 Å². The first-order valence-corrected chi connectivity index (χ1v) is 15.7. The van der Waals surface area contributed by atoms with E-state index in [1.54, 1.807) is 12.1 Å². The van der Waals surface area contributed by atoms with Crippen molar-refractivity contribution in [1.29, 1.82) is 0 Å². The van der Waals surface area contributed by atoms with Crippen LogP contribution in [-0.2, 0) is 35.1 Å². The molecule has 0 bridgehead atoms. The summed E-state index contributed by atoms with van der Waals surface area (Å²) in [5, 5.41) is 6.26. The van der Waals surface area contributed by atoms with Gasteiger partial charge in [0.1, 0.15) is 0 Å². The van der Waals surface area contributed by atoms with Crippen LogP contribution in [0.25, 0.3) is 0 Å². The lowest BCUT2D eigenvalue weighted by Gasteiger charge is -2.29. The van der Waals surface area contributed by atoms with Gasteiger partial charge in [-0.25, -0.2) is 13.2 Å². The van der Waals surface area contributed by atoms with Crippen molar-refractivity contribution in [2.24, 2.45) is 0 Å². The predicted octanol–water partition coefficient (Wildman–Crippen LogP) is 7.06. The number of carbonyl (C=O) groups excluding carboxylic acids is 1. The fourth-order valence-corrected chi connectivity index (χ4v) is 6.85. The molecular formula is C33H34ClN3O3S. The number of nitrogens with zero attached hydrogens (tertiary/aromatic N) is 1. The van der Waals surface area contributed by atoms with Crippen molar-refractivity contribution in [3.63, 3.8) is 0 Å². The molecule has 1 aliphatic rings. The van der Waals surface area contributed by atoms with Gasteiger partial charge in [0.2, 0.25) is 0 Å². The second-order valence-electron chi connectivity index (χ2n) is 10.6. The van der Waals surface area contributed by atoms with Crippen LogP contribution in [-0.4, -0.2) is 25.9 Å². The quantitative estimate of drug-likeness (QED) is 0.231. The van der Waals surface area contributed by atoms with Crippen LogP contribution < -0.4 is 10.6 Å². The minimum Gasteiger partial charge on any atom is -0.331 e. The van der Waals surface area contributed by atoms with E-state index in [1.165, 1.54) is 28.8 Å². The smallest absolute Gasteiger partial charge is 0.319 e. The van der Waals surface area contributed by atoms with E-state index in [2.05, 4.69) is 45.9 Å². The van der Waals surface area contributed by atoms with Gasteiger partial charge in [-0.15, -0.1) is 0 Å². The molecule has 6 nitrogen and oxygen atoms in total. The van der Waals surface area contributed by atoms with Crippen LogP contribution in [0.5, 0.6) is 0 Å². The molecule has 5 rings (SSSR count). The highest BCUT2D eigenvalue weighted by Crippen LogP contribution is 2.27. The lowest BCUT2D eigenvalue weighted by Crippen LogP contribution is -2.31. The molecule has 0 spiro atoms. The number of anilines is 1. The maximum atomic E-state index is 13.2. The third kappa shape index (κ3) is 7.17. The van der Waals surface area contributed by atoms with Crippen LogP contribution in [0.2, 0.25) is 5.02 Å². The Labute approximate surface area is 247 Å².